The van der Waals surface area contributed by atoms with Crippen molar-refractivity contribution in [2.24, 2.45) is 0 Å². The third-order valence-electron chi connectivity index (χ3n) is 8.56. The molecule has 2 N–H and O–H groups in total. The Morgan fingerprint density at radius 3 is 0.956 bits per heavy atom. The van der Waals surface area contributed by atoms with Crippen LogP contribution in [0.25, 0.3) is 0 Å². The first-order chi connectivity index (χ1) is 21.6. The lowest BCUT2D eigenvalue weighted by Gasteiger charge is -2.25. The molecule has 0 aliphatic heterocycles. The SMILES string of the molecule is CCCCCCCCCCCCCCCC(=O)C(C)(OS(C)(=O)=O)C(=O)CCCCCCCCCCCCCCC.CCNO. The summed E-state index contributed by atoms with van der Waals surface area (Å²) in [6, 6.07) is 0. The summed E-state index contributed by atoms with van der Waals surface area (Å²) in [5.41, 5.74) is 0.0435. The number of unbranched alkanes of at least 4 members (excludes halogenated alkanes) is 24. The van der Waals surface area contributed by atoms with Crippen LogP contribution in [0.1, 0.15) is 207 Å². The van der Waals surface area contributed by atoms with Crippen molar-refractivity contribution in [3.8, 4) is 0 Å². The van der Waals surface area contributed by atoms with Gasteiger partial charge in [-0.25, -0.2) is 9.66 Å². The van der Waals surface area contributed by atoms with E-state index in [1.54, 1.807) is 0 Å². The van der Waals surface area contributed by atoms with Gasteiger partial charge >= 0.3 is 0 Å². The van der Waals surface area contributed by atoms with Crippen molar-refractivity contribution in [3.05, 3.63) is 0 Å². The van der Waals surface area contributed by atoms with Gasteiger partial charge < -0.3 is 5.21 Å². The van der Waals surface area contributed by atoms with Crippen LogP contribution in [-0.4, -0.2) is 43.6 Å². The van der Waals surface area contributed by atoms with Crippen LogP contribution in [0, 0.1) is 0 Å². The van der Waals surface area contributed by atoms with E-state index in [9.17, 15) is 18.0 Å². The average Bonchev–Trinajstić information content (AvgIpc) is 3.00. The number of nitrogens with one attached hydrogen (secondary N) is 1. The van der Waals surface area contributed by atoms with Crippen molar-refractivity contribution in [2.45, 2.75) is 213 Å². The second-order valence-electron chi connectivity index (χ2n) is 13.2. The topological polar surface area (TPSA) is 110 Å². The van der Waals surface area contributed by atoms with Gasteiger partial charge in [-0.3, -0.25) is 9.59 Å². The third kappa shape index (κ3) is 31.5. The molecule has 45 heavy (non-hydrogen) atoms. The van der Waals surface area contributed by atoms with Crippen molar-refractivity contribution in [2.75, 3.05) is 12.8 Å². The molecule has 0 aromatic carbocycles. The Morgan fingerprint density at radius 2 is 0.756 bits per heavy atom. The molecule has 0 saturated heterocycles. The Hall–Kier alpha value is -0.830. The lowest BCUT2D eigenvalue weighted by Crippen LogP contribution is -2.47. The van der Waals surface area contributed by atoms with Crippen LogP contribution in [0.4, 0.5) is 0 Å². The van der Waals surface area contributed by atoms with Crippen LogP contribution < -0.4 is 5.48 Å². The molecule has 0 aromatic rings. The largest absolute Gasteiger partial charge is 0.317 e. The van der Waals surface area contributed by atoms with E-state index < -0.39 is 27.3 Å². The third-order valence-corrected chi connectivity index (χ3v) is 9.19. The monoisotopic (exact) mass is 662 g/mol. The van der Waals surface area contributed by atoms with E-state index >= 15 is 0 Å². The molecule has 0 saturated carbocycles. The smallest absolute Gasteiger partial charge is 0.265 e. The number of hydroxylamine groups is 1. The summed E-state index contributed by atoms with van der Waals surface area (Å²) in [7, 11) is -3.93. The van der Waals surface area contributed by atoms with Crippen LogP contribution in [0.2, 0.25) is 0 Å². The van der Waals surface area contributed by atoms with E-state index in [1.165, 1.54) is 135 Å². The first-order valence-electron chi connectivity index (χ1n) is 18.9. The van der Waals surface area contributed by atoms with Crippen molar-refractivity contribution in [3.63, 3.8) is 0 Å². The molecule has 8 heteroatoms. The Morgan fingerprint density at radius 1 is 0.533 bits per heavy atom. The van der Waals surface area contributed by atoms with E-state index in [2.05, 4.69) is 13.8 Å². The molecule has 0 unspecified atom stereocenters. The van der Waals surface area contributed by atoms with Crippen molar-refractivity contribution in [1.82, 2.24) is 5.48 Å². The molecule has 0 spiro atoms. The second-order valence-corrected chi connectivity index (χ2v) is 14.7. The fourth-order valence-corrected chi connectivity index (χ4v) is 6.43. The van der Waals surface area contributed by atoms with Crippen LogP contribution in [0.3, 0.4) is 0 Å². The summed E-state index contributed by atoms with van der Waals surface area (Å²) >= 11 is 0. The molecule has 0 rings (SSSR count). The average molecular weight is 662 g/mol. The number of Topliss-reactive ketones (excluding diaryl/α,β-unsaturated/α-hetero) is 2. The molecular weight excluding hydrogens is 586 g/mol. The number of hydrogen-bond donors (Lipinski definition) is 2. The van der Waals surface area contributed by atoms with Gasteiger partial charge in [0, 0.05) is 19.4 Å². The summed E-state index contributed by atoms with van der Waals surface area (Å²) in [6.07, 6.45) is 32.8. The molecule has 7 nitrogen and oxygen atoms in total. The van der Waals surface area contributed by atoms with E-state index in [0.29, 0.717) is 19.4 Å². The molecule has 0 bridgehead atoms. The zero-order valence-electron chi connectivity index (χ0n) is 30.4. The Kier molecular flexibility index (Phi) is 34.0. The molecule has 0 amide bonds. The van der Waals surface area contributed by atoms with E-state index in [1.807, 2.05) is 12.4 Å². The summed E-state index contributed by atoms with van der Waals surface area (Å²) in [4.78, 5) is 26.0. The first kappa shape index (κ1) is 46.3. The van der Waals surface area contributed by atoms with Gasteiger partial charge in [-0.05, 0) is 19.8 Å². The highest BCUT2D eigenvalue weighted by Crippen LogP contribution is 2.24. The number of hydrogen-bond acceptors (Lipinski definition) is 7. The summed E-state index contributed by atoms with van der Waals surface area (Å²) in [5.74, 6) is -0.795. The van der Waals surface area contributed by atoms with Gasteiger partial charge in [0.2, 0.25) is 5.60 Å². The summed E-state index contributed by atoms with van der Waals surface area (Å²) < 4.78 is 29.0. The fraction of sp³-hybridized carbons (Fsp3) is 0.946. The molecule has 0 radical (unpaired) electrons. The first-order valence-corrected chi connectivity index (χ1v) is 20.7. The van der Waals surface area contributed by atoms with Crippen molar-refractivity contribution in [1.29, 1.82) is 0 Å². The minimum atomic E-state index is -3.93. The zero-order valence-corrected chi connectivity index (χ0v) is 31.2. The maximum absolute atomic E-state index is 13.0. The number of rotatable bonds is 33. The zero-order chi connectivity index (χ0) is 34.1. The highest BCUT2D eigenvalue weighted by Gasteiger charge is 2.43. The van der Waals surface area contributed by atoms with Gasteiger partial charge in [0.05, 0.1) is 6.26 Å². The van der Waals surface area contributed by atoms with Gasteiger partial charge in [-0.15, -0.1) is 0 Å². The molecular formula is C37H75NO6S. The number of carbonyl (C=O) groups excluding carboxylic acids is 2. The van der Waals surface area contributed by atoms with Gasteiger partial charge in [0.1, 0.15) is 0 Å². The minimum absolute atomic E-state index is 0.189. The molecule has 0 fully saturated rings. The van der Waals surface area contributed by atoms with Crippen LogP contribution in [0.5, 0.6) is 0 Å². The van der Waals surface area contributed by atoms with E-state index in [0.717, 1.165) is 31.9 Å². The fourth-order valence-electron chi connectivity index (χ4n) is 5.63. The van der Waals surface area contributed by atoms with Crippen molar-refractivity contribution >= 4 is 21.7 Å². The number of carbonyl (C=O) groups is 2. The molecule has 270 valence electrons. The quantitative estimate of drug-likeness (QED) is 0.0312. The molecule has 0 aromatic heterocycles. The van der Waals surface area contributed by atoms with Crippen LogP contribution in [-0.2, 0) is 23.9 Å². The number of ketones is 2. The summed E-state index contributed by atoms with van der Waals surface area (Å²) in [5, 5.41) is 7.62. The molecule has 0 aliphatic rings. The highest BCUT2D eigenvalue weighted by molar-refractivity contribution is 7.86. The van der Waals surface area contributed by atoms with Gasteiger partial charge in [-0.2, -0.15) is 8.42 Å². The maximum atomic E-state index is 13.0. The minimum Gasteiger partial charge on any atom is -0.317 e. The van der Waals surface area contributed by atoms with Gasteiger partial charge in [-0.1, -0.05) is 175 Å². The van der Waals surface area contributed by atoms with E-state index in [-0.39, 0.29) is 12.8 Å². The lowest BCUT2D eigenvalue weighted by atomic mass is 9.89. The molecule has 0 heterocycles. The Labute approximate surface area is 279 Å². The highest BCUT2D eigenvalue weighted by atomic mass is 32.2. The second kappa shape index (κ2) is 33.1. The predicted octanol–water partition coefficient (Wildman–Crippen LogP) is 10.8. The van der Waals surface area contributed by atoms with Gasteiger partial charge in [0.25, 0.3) is 10.1 Å². The van der Waals surface area contributed by atoms with Crippen LogP contribution in [0.15, 0.2) is 0 Å². The summed E-state index contributed by atoms with van der Waals surface area (Å²) in [6.45, 7) is 8.31. The van der Waals surface area contributed by atoms with Gasteiger partial charge in [0.15, 0.2) is 11.6 Å². The van der Waals surface area contributed by atoms with Crippen molar-refractivity contribution < 1.29 is 27.4 Å². The van der Waals surface area contributed by atoms with Crippen LogP contribution >= 0.6 is 0 Å². The normalized spacial score (nSPS) is 11.8. The molecule has 0 aliphatic carbocycles. The standard InChI is InChI=1S/C35H68O5S.C2H7NO/c1-5-7-9-11-13-15-17-19-21-23-25-27-29-31-33(36)35(3,40-41(4,38)39)34(37)32-30-28-26-24-22-20-18-16-14-12-10-8-6-2;1-2-3-4/h5-32H2,1-4H3;3-4H,2H2,1H3. The predicted molar refractivity (Wildman–Crippen MR) is 190 cm³/mol. The molecule has 0 atom stereocenters. The maximum Gasteiger partial charge on any atom is 0.265 e. The Bertz CT molecular complexity index is 727. The van der Waals surface area contributed by atoms with E-state index in [4.69, 9.17) is 9.39 Å². The Balaban J connectivity index is 0. The lowest BCUT2D eigenvalue weighted by molar-refractivity contribution is -0.146.